The lowest BCUT2D eigenvalue weighted by Gasteiger charge is -2.22. The van der Waals surface area contributed by atoms with Crippen LogP contribution in [0, 0.1) is 0 Å². The van der Waals surface area contributed by atoms with Crippen LogP contribution < -0.4 is 5.48 Å². The standard InChI is InChI=1S/C22H33NO4/c1-6-7-8-10-13-18(2)20(27-23-21(24)26-22(3,4)5)17-25-16-19-14-11-9-12-15-19/h9-12,14-15,20H,6-8,16-17H2,1-5H3,(H,23,24). The number of hydrogen-bond acceptors (Lipinski definition) is 4. The van der Waals surface area contributed by atoms with Crippen LogP contribution in [0.25, 0.3) is 0 Å². The third kappa shape index (κ3) is 11.3. The van der Waals surface area contributed by atoms with Crippen LogP contribution in [0.2, 0.25) is 0 Å². The fourth-order valence-corrected chi connectivity index (χ4v) is 2.16. The maximum atomic E-state index is 11.8. The lowest BCUT2D eigenvalue weighted by atomic mass is 10.1. The highest BCUT2D eigenvalue weighted by atomic mass is 16.7. The van der Waals surface area contributed by atoms with Crippen molar-refractivity contribution in [3.63, 3.8) is 0 Å². The molecule has 1 atom stereocenters. The largest absolute Gasteiger partial charge is 0.442 e. The fraction of sp³-hybridized carbons (Fsp3) is 0.545. The molecule has 27 heavy (non-hydrogen) atoms. The summed E-state index contributed by atoms with van der Waals surface area (Å²) in [6.07, 6.45) is 4.15. The molecule has 1 aromatic rings. The van der Waals surface area contributed by atoms with Gasteiger partial charge in [-0.1, -0.05) is 43.7 Å². The maximum Gasteiger partial charge on any atom is 0.431 e. The van der Waals surface area contributed by atoms with Gasteiger partial charge in [0.1, 0.15) is 11.7 Å². The smallest absolute Gasteiger partial charge is 0.431 e. The zero-order chi connectivity index (χ0) is 20.1. The summed E-state index contributed by atoms with van der Waals surface area (Å²) < 4.78 is 11.0. The molecule has 0 heterocycles. The van der Waals surface area contributed by atoms with Gasteiger partial charge in [0.25, 0.3) is 0 Å². The number of rotatable bonds is 10. The number of ether oxygens (including phenoxy) is 2. The van der Waals surface area contributed by atoms with Crippen molar-refractivity contribution in [2.45, 2.75) is 72.2 Å². The number of hydroxylamine groups is 1. The number of hydrogen-bond donors (Lipinski definition) is 1. The van der Waals surface area contributed by atoms with Gasteiger partial charge in [-0.3, -0.25) is 4.84 Å². The van der Waals surface area contributed by atoms with Crippen LogP contribution >= 0.6 is 0 Å². The second kappa shape index (κ2) is 12.3. The van der Waals surface area contributed by atoms with Crippen LogP contribution in [0.5, 0.6) is 0 Å². The van der Waals surface area contributed by atoms with Gasteiger partial charge in [0.15, 0.2) is 0 Å². The molecule has 150 valence electrons. The van der Waals surface area contributed by atoms with Crippen LogP contribution in [0.1, 0.15) is 59.4 Å². The average Bonchev–Trinajstić information content (AvgIpc) is 2.61. The summed E-state index contributed by atoms with van der Waals surface area (Å²) in [6, 6.07) is 9.91. The molecule has 1 rings (SSSR count). The van der Waals surface area contributed by atoms with Gasteiger partial charge in [0, 0.05) is 5.57 Å². The molecule has 0 spiro atoms. The molecule has 1 N–H and O–H groups in total. The predicted molar refractivity (Wildman–Crippen MR) is 107 cm³/mol. The van der Waals surface area contributed by atoms with Crippen molar-refractivity contribution in [3.8, 4) is 0 Å². The van der Waals surface area contributed by atoms with E-state index in [2.05, 4.69) is 18.1 Å². The highest BCUT2D eigenvalue weighted by molar-refractivity contribution is 5.66. The Morgan fingerprint density at radius 3 is 2.59 bits per heavy atom. The van der Waals surface area contributed by atoms with Crippen molar-refractivity contribution in [3.05, 3.63) is 53.3 Å². The van der Waals surface area contributed by atoms with E-state index < -0.39 is 17.8 Å². The number of benzene rings is 1. The minimum absolute atomic E-state index is 0.297. The molecule has 1 amide bonds. The molecule has 0 saturated heterocycles. The molecule has 0 aliphatic rings. The summed E-state index contributed by atoms with van der Waals surface area (Å²) in [5.74, 6) is 0. The summed E-state index contributed by atoms with van der Waals surface area (Å²) in [6.45, 7) is 10.2. The van der Waals surface area contributed by atoms with E-state index in [0.717, 1.165) is 30.4 Å². The molecule has 0 aliphatic heterocycles. The second-order valence-electron chi connectivity index (χ2n) is 7.38. The Morgan fingerprint density at radius 1 is 1.26 bits per heavy atom. The minimum Gasteiger partial charge on any atom is -0.442 e. The van der Waals surface area contributed by atoms with Crippen molar-refractivity contribution >= 4 is 6.09 Å². The molecule has 0 aliphatic carbocycles. The molecule has 5 nitrogen and oxygen atoms in total. The first-order valence-corrected chi connectivity index (χ1v) is 9.49. The Morgan fingerprint density at radius 2 is 1.96 bits per heavy atom. The highest BCUT2D eigenvalue weighted by Gasteiger charge is 2.19. The lowest BCUT2D eigenvalue weighted by molar-refractivity contribution is -0.0602. The van der Waals surface area contributed by atoms with Gasteiger partial charge in [-0.15, -0.1) is 5.73 Å². The first-order valence-electron chi connectivity index (χ1n) is 9.49. The number of carbonyl (C=O) groups excluding carboxylic acids is 1. The molecular formula is C22H33NO4. The molecule has 1 aromatic carbocycles. The first-order chi connectivity index (χ1) is 12.8. The van der Waals surface area contributed by atoms with E-state index in [1.807, 2.05) is 43.3 Å². The van der Waals surface area contributed by atoms with E-state index in [1.165, 1.54) is 0 Å². The van der Waals surface area contributed by atoms with Gasteiger partial charge in [0.05, 0.1) is 13.2 Å². The van der Waals surface area contributed by atoms with Crippen LogP contribution in [-0.4, -0.2) is 24.4 Å². The average molecular weight is 376 g/mol. The topological polar surface area (TPSA) is 56.8 Å². The summed E-state index contributed by atoms with van der Waals surface area (Å²) in [7, 11) is 0. The zero-order valence-electron chi connectivity index (χ0n) is 17.2. The van der Waals surface area contributed by atoms with Gasteiger partial charge in [0.2, 0.25) is 0 Å². The van der Waals surface area contributed by atoms with E-state index in [0.29, 0.717) is 13.2 Å². The molecule has 0 bridgehead atoms. The Kier molecular flexibility index (Phi) is 10.5. The maximum absolute atomic E-state index is 11.8. The molecule has 0 fully saturated rings. The molecule has 0 saturated carbocycles. The van der Waals surface area contributed by atoms with Crippen molar-refractivity contribution in [1.29, 1.82) is 0 Å². The summed E-state index contributed by atoms with van der Waals surface area (Å²) in [4.78, 5) is 17.4. The Hall–Kier alpha value is -2.07. The van der Waals surface area contributed by atoms with Crippen LogP contribution in [0.15, 0.2) is 47.7 Å². The summed E-state index contributed by atoms with van der Waals surface area (Å²) >= 11 is 0. The van der Waals surface area contributed by atoms with E-state index in [4.69, 9.17) is 14.3 Å². The van der Waals surface area contributed by atoms with E-state index in [9.17, 15) is 4.79 Å². The molecule has 0 aromatic heterocycles. The van der Waals surface area contributed by atoms with Gasteiger partial charge >= 0.3 is 6.09 Å². The third-order valence-corrected chi connectivity index (χ3v) is 3.58. The SMILES string of the molecule is CCCCC=C=C(C)C(COCc1ccccc1)ONC(=O)OC(C)(C)C. The van der Waals surface area contributed by atoms with Crippen LogP contribution in [0.3, 0.4) is 0 Å². The lowest BCUT2D eigenvalue weighted by Crippen LogP contribution is -2.37. The summed E-state index contributed by atoms with van der Waals surface area (Å²) in [5.41, 5.74) is 6.94. The second-order valence-corrected chi connectivity index (χ2v) is 7.38. The molecule has 5 heteroatoms. The highest BCUT2D eigenvalue weighted by Crippen LogP contribution is 2.10. The Labute approximate surface area is 163 Å². The quantitative estimate of drug-likeness (QED) is 0.342. The minimum atomic E-state index is -0.627. The van der Waals surface area contributed by atoms with E-state index >= 15 is 0 Å². The monoisotopic (exact) mass is 375 g/mol. The number of carbonyl (C=O) groups is 1. The van der Waals surface area contributed by atoms with Crippen molar-refractivity contribution in [2.24, 2.45) is 0 Å². The van der Waals surface area contributed by atoms with Crippen LogP contribution in [-0.2, 0) is 20.9 Å². The predicted octanol–water partition coefficient (Wildman–Crippen LogP) is 5.32. The van der Waals surface area contributed by atoms with Gasteiger partial charge in [-0.2, -0.15) is 5.48 Å². The van der Waals surface area contributed by atoms with Gasteiger partial charge in [-0.05, 0) is 52.2 Å². The van der Waals surface area contributed by atoms with Crippen LogP contribution in [0.4, 0.5) is 4.79 Å². The van der Waals surface area contributed by atoms with Gasteiger partial charge in [-0.25, -0.2) is 4.79 Å². The van der Waals surface area contributed by atoms with Crippen molar-refractivity contribution in [2.75, 3.05) is 6.61 Å². The van der Waals surface area contributed by atoms with E-state index in [-0.39, 0.29) is 0 Å². The fourth-order valence-electron chi connectivity index (χ4n) is 2.16. The molecular weight excluding hydrogens is 342 g/mol. The summed E-state index contributed by atoms with van der Waals surface area (Å²) in [5, 5.41) is 0. The number of unbranched alkanes of at least 4 members (excludes halogenated alkanes) is 2. The number of nitrogens with one attached hydrogen (secondary N) is 1. The molecule has 0 radical (unpaired) electrons. The normalized spacial score (nSPS) is 12.0. The first kappa shape index (κ1) is 23.0. The number of amides is 1. The zero-order valence-corrected chi connectivity index (χ0v) is 17.2. The van der Waals surface area contributed by atoms with Crippen molar-refractivity contribution in [1.82, 2.24) is 5.48 Å². The van der Waals surface area contributed by atoms with Gasteiger partial charge < -0.3 is 9.47 Å². The molecule has 1 unspecified atom stereocenters. The van der Waals surface area contributed by atoms with Crippen molar-refractivity contribution < 1.29 is 19.1 Å². The Bertz CT molecular complexity index is 613. The Balaban J connectivity index is 2.64. The third-order valence-electron chi connectivity index (χ3n) is 3.58. The van der Waals surface area contributed by atoms with E-state index in [1.54, 1.807) is 20.8 Å².